The van der Waals surface area contributed by atoms with E-state index < -0.39 is 6.10 Å². The second kappa shape index (κ2) is 8.72. The first-order valence-electron chi connectivity index (χ1n) is 7.23. The van der Waals surface area contributed by atoms with Gasteiger partial charge in [-0.2, -0.15) is 0 Å². The van der Waals surface area contributed by atoms with Gasteiger partial charge in [-0.1, -0.05) is 44.2 Å². The fourth-order valence-corrected chi connectivity index (χ4v) is 2.34. The lowest BCUT2D eigenvalue weighted by atomic mass is 10.1. The van der Waals surface area contributed by atoms with E-state index in [1.165, 1.54) is 0 Å². The summed E-state index contributed by atoms with van der Waals surface area (Å²) in [4.78, 5) is 14.5. The average molecular weight is 278 g/mol. The van der Waals surface area contributed by atoms with Crippen molar-refractivity contribution in [1.29, 1.82) is 0 Å². The Labute approximate surface area is 122 Å². The molecule has 0 saturated carbocycles. The molecule has 4 nitrogen and oxygen atoms in total. The molecular weight excluding hydrogens is 252 g/mol. The van der Waals surface area contributed by atoms with Crippen LogP contribution in [0.15, 0.2) is 30.3 Å². The van der Waals surface area contributed by atoms with Gasteiger partial charge in [0.25, 0.3) is 5.91 Å². The van der Waals surface area contributed by atoms with Gasteiger partial charge in [-0.05, 0) is 25.6 Å². The highest BCUT2D eigenvalue weighted by Crippen LogP contribution is 2.16. The van der Waals surface area contributed by atoms with E-state index in [2.05, 4.69) is 31.0 Å². The fraction of sp³-hybridized carbons (Fsp3) is 0.562. The number of likely N-dealkylation sites (N-methyl/N-ethyl adjacent to an activating group) is 1. The highest BCUT2D eigenvalue weighted by atomic mass is 16.5. The maximum atomic E-state index is 12.2. The Morgan fingerprint density at radius 3 is 2.35 bits per heavy atom. The van der Waals surface area contributed by atoms with E-state index in [0.717, 1.165) is 18.7 Å². The zero-order valence-corrected chi connectivity index (χ0v) is 12.9. The molecule has 0 saturated heterocycles. The van der Waals surface area contributed by atoms with E-state index in [-0.39, 0.29) is 5.91 Å². The summed E-state index contributed by atoms with van der Waals surface area (Å²) in [7, 11) is 1.56. The minimum absolute atomic E-state index is 0.0855. The minimum atomic E-state index is -0.542. The lowest BCUT2D eigenvalue weighted by molar-refractivity contribution is -0.131. The number of ether oxygens (including phenoxy) is 1. The third-order valence-corrected chi connectivity index (χ3v) is 3.58. The average Bonchev–Trinajstić information content (AvgIpc) is 2.48. The first-order chi connectivity index (χ1) is 9.63. The Morgan fingerprint density at radius 1 is 1.25 bits per heavy atom. The molecule has 0 radical (unpaired) electrons. The largest absolute Gasteiger partial charge is 0.367 e. The van der Waals surface area contributed by atoms with E-state index >= 15 is 0 Å². The zero-order chi connectivity index (χ0) is 15.0. The van der Waals surface area contributed by atoms with Crippen molar-refractivity contribution < 1.29 is 9.53 Å². The molecule has 2 atom stereocenters. The highest BCUT2D eigenvalue weighted by Gasteiger charge is 2.20. The Morgan fingerprint density at radius 2 is 1.85 bits per heavy atom. The highest BCUT2D eigenvalue weighted by molar-refractivity contribution is 5.82. The maximum Gasteiger partial charge on any atom is 0.253 e. The van der Waals surface area contributed by atoms with Crippen LogP contribution in [0, 0.1) is 0 Å². The third kappa shape index (κ3) is 4.62. The topological polar surface area (TPSA) is 41.6 Å². The van der Waals surface area contributed by atoms with Gasteiger partial charge in [-0.25, -0.2) is 0 Å². The van der Waals surface area contributed by atoms with Crippen LogP contribution in [-0.4, -0.2) is 43.6 Å². The molecule has 1 rings (SSSR count). The second-order valence-corrected chi connectivity index (χ2v) is 4.84. The van der Waals surface area contributed by atoms with E-state index in [0.29, 0.717) is 12.6 Å². The summed E-state index contributed by atoms with van der Waals surface area (Å²) < 4.78 is 5.32. The summed E-state index contributed by atoms with van der Waals surface area (Å²) in [5, 5.41) is 2.98. The van der Waals surface area contributed by atoms with Crippen LogP contribution in [0.25, 0.3) is 0 Å². The smallest absolute Gasteiger partial charge is 0.253 e. The quantitative estimate of drug-likeness (QED) is 0.793. The van der Waals surface area contributed by atoms with Crippen LogP contribution in [-0.2, 0) is 9.53 Å². The van der Waals surface area contributed by atoms with Crippen molar-refractivity contribution in [2.75, 3.05) is 26.7 Å². The molecule has 20 heavy (non-hydrogen) atoms. The number of rotatable bonds is 8. The molecule has 0 aliphatic carbocycles. The van der Waals surface area contributed by atoms with Gasteiger partial charge in [0.15, 0.2) is 6.10 Å². The van der Waals surface area contributed by atoms with Crippen molar-refractivity contribution in [2.45, 2.75) is 32.9 Å². The van der Waals surface area contributed by atoms with Crippen molar-refractivity contribution in [2.24, 2.45) is 0 Å². The second-order valence-electron chi connectivity index (χ2n) is 4.84. The lowest BCUT2D eigenvalue weighted by Crippen LogP contribution is -2.43. The standard InChI is InChI=1S/C16H26N2O2/c1-5-18(6-2)13(3)12-17-16(19)15(20-4)14-10-8-7-9-11-14/h7-11,13,15H,5-6,12H2,1-4H3,(H,17,19). The molecular formula is C16H26N2O2. The van der Waals surface area contributed by atoms with Gasteiger partial charge < -0.3 is 10.1 Å². The molecule has 112 valence electrons. The van der Waals surface area contributed by atoms with Crippen molar-refractivity contribution >= 4 is 5.91 Å². The molecule has 0 bridgehead atoms. The molecule has 0 fully saturated rings. The summed E-state index contributed by atoms with van der Waals surface area (Å²) in [6.07, 6.45) is -0.542. The van der Waals surface area contributed by atoms with Gasteiger partial charge in [-0.3, -0.25) is 9.69 Å². The van der Waals surface area contributed by atoms with Gasteiger partial charge in [0.2, 0.25) is 0 Å². The van der Waals surface area contributed by atoms with E-state index in [9.17, 15) is 4.79 Å². The van der Waals surface area contributed by atoms with Crippen LogP contribution in [0.3, 0.4) is 0 Å². The van der Waals surface area contributed by atoms with Crippen molar-refractivity contribution in [3.8, 4) is 0 Å². The maximum absolute atomic E-state index is 12.2. The molecule has 1 aromatic rings. The first kappa shape index (κ1) is 16.7. The van der Waals surface area contributed by atoms with E-state index in [1.54, 1.807) is 7.11 Å². The molecule has 1 aromatic carbocycles. The first-order valence-corrected chi connectivity index (χ1v) is 7.23. The number of benzene rings is 1. The normalized spacial score (nSPS) is 14.1. The number of carbonyl (C=O) groups excluding carboxylic acids is 1. The Kier molecular flexibility index (Phi) is 7.26. The number of methoxy groups -OCH3 is 1. The van der Waals surface area contributed by atoms with Gasteiger partial charge in [-0.15, -0.1) is 0 Å². The number of carbonyl (C=O) groups is 1. The summed E-state index contributed by atoms with van der Waals surface area (Å²) in [6, 6.07) is 9.88. The summed E-state index contributed by atoms with van der Waals surface area (Å²) in [6.45, 7) is 8.98. The molecule has 0 aliphatic heterocycles. The monoisotopic (exact) mass is 278 g/mol. The van der Waals surface area contributed by atoms with Crippen LogP contribution in [0.4, 0.5) is 0 Å². The Bertz CT molecular complexity index is 391. The molecule has 0 spiro atoms. The molecule has 0 heterocycles. The Hall–Kier alpha value is -1.39. The van der Waals surface area contributed by atoms with Gasteiger partial charge in [0.1, 0.15) is 0 Å². The number of nitrogens with one attached hydrogen (secondary N) is 1. The van der Waals surface area contributed by atoms with Crippen LogP contribution in [0.2, 0.25) is 0 Å². The van der Waals surface area contributed by atoms with Crippen molar-refractivity contribution in [3.05, 3.63) is 35.9 Å². The molecule has 4 heteroatoms. The van der Waals surface area contributed by atoms with Crippen LogP contribution >= 0.6 is 0 Å². The molecule has 2 unspecified atom stereocenters. The predicted molar refractivity (Wildman–Crippen MR) is 81.6 cm³/mol. The lowest BCUT2D eigenvalue weighted by Gasteiger charge is -2.27. The van der Waals surface area contributed by atoms with Gasteiger partial charge in [0, 0.05) is 19.7 Å². The SMILES string of the molecule is CCN(CC)C(C)CNC(=O)C(OC)c1ccccc1. The molecule has 0 aromatic heterocycles. The van der Waals surface area contributed by atoms with Gasteiger partial charge in [0.05, 0.1) is 0 Å². The number of hydrogen-bond donors (Lipinski definition) is 1. The van der Waals surface area contributed by atoms with Crippen LogP contribution in [0.1, 0.15) is 32.4 Å². The fourth-order valence-electron chi connectivity index (χ4n) is 2.34. The molecule has 0 aliphatic rings. The van der Waals surface area contributed by atoms with E-state index in [1.807, 2.05) is 30.3 Å². The van der Waals surface area contributed by atoms with Crippen LogP contribution in [0.5, 0.6) is 0 Å². The number of hydrogen-bond acceptors (Lipinski definition) is 3. The van der Waals surface area contributed by atoms with Gasteiger partial charge >= 0.3 is 0 Å². The minimum Gasteiger partial charge on any atom is -0.367 e. The number of nitrogens with zero attached hydrogens (tertiary/aromatic N) is 1. The van der Waals surface area contributed by atoms with Crippen molar-refractivity contribution in [1.82, 2.24) is 10.2 Å². The molecule has 1 amide bonds. The summed E-state index contributed by atoms with van der Waals surface area (Å²) >= 11 is 0. The third-order valence-electron chi connectivity index (χ3n) is 3.58. The summed E-state index contributed by atoms with van der Waals surface area (Å²) in [5.74, 6) is -0.0855. The Balaban J connectivity index is 2.57. The number of amides is 1. The zero-order valence-electron chi connectivity index (χ0n) is 12.9. The van der Waals surface area contributed by atoms with E-state index in [4.69, 9.17) is 4.74 Å². The van der Waals surface area contributed by atoms with Crippen molar-refractivity contribution in [3.63, 3.8) is 0 Å². The predicted octanol–water partition coefficient (Wildman–Crippen LogP) is 2.22. The van der Waals surface area contributed by atoms with Crippen LogP contribution < -0.4 is 5.32 Å². The molecule has 1 N–H and O–H groups in total. The summed E-state index contributed by atoms with van der Waals surface area (Å²) in [5.41, 5.74) is 0.878.